The fourth-order valence-electron chi connectivity index (χ4n) is 2.92. The van der Waals surface area contributed by atoms with Crippen molar-refractivity contribution in [1.29, 1.82) is 0 Å². The average Bonchev–Trinajstić information content (AvgIpc) is 3.01. The Labute approximate surface area is 181 Å². The SMILES string of the molecule is C#CCOc1ccc(/C=C2/C(=O)N(c3ccc(S(N)(=O)=O)cc3)N=C2C)cc1OCC. The Morgan fingerprint density at radius 1 is 1.16 bits per heavy atom. The Bertz CT molecular complexity index is 1210. The van der Waals surface area contributed by atoms with Crippen LogP contribution in [0.3, 0.4) is 0 Å². The first-order valence-electron chi connectivity index (χ1n) is 9.32. The Kier molecular flexibility index (Phi) is 6.44. The summed E-state index contributed by atoms with van der Waals surface area (Å²) in [6.07, 6.45) is 6.95. The van der Waals surface area contributed by atoms with Crippen molar-refractivity contribution in [2.45, 2.75) is 18.7 Å². The van der Waals surface area contributed by atoms with Crippen LogP contribution in [0.25, 0.3) is 6.08 Å². The van der Waals surface area contributed by atoms with Crippen LogP contribution in [-0.2, 0) is 14.8 Å². The Balaban J connectivity index is 1.89. The lowest BCUT2D eigenvalue weighted by molar-refractivity contribution is -0.114. The van der Waals surface area contributed by atoms with Crippen LogP contribution in [0.1, 0.15) is 19.4 Å². The highest BCUT2D eigenvalue weighted by Crippen LogP contribution is 2.31. The second-order valence-electron chi connectivity index (χ2n) is 6.53. The molecule has 0 aromatic heterocycles. The molecule has 8 nitrogen and oxygen atoms in total. The van der Waals surface area contributed by atoms with E-state index in [1.807, 2.05) is 6.92 Å². The van der Waals surface area contributed by atoms with E-state index in [9.17, 15) is 13.2 Å². The lowest BCUT2D eigenvalue weighted by Gasteiger charge is -2.12. The van der Waals surface area contributed by atoms with Gasteiger partial charge in [0.1, 0.15) is 6.61 Å². The first-order valence-corrected chi connectivity index (χ1v) is 10.9. The van der Waals surface area contributed by atoms with Crippen LogP contribution < -0.4 is 19.6 Å². The number of ether oxygens (including phenoxy) is 2. The number of primary sulfonamides is 1. The molecule has 0 fully saturated rings. The largest absolute Gasteiger partial charge is 0.490 e. The second-order valence-corrected chi connectivity index (χ2v) is 8.09. The van der Waals surface area contributed by atoms with Gasteiger partial charge in [0.15, 0.2) is 11.5 Å². The number of rotatable bonds is 7. The molecule has 2 aromatic rings. The summed E-state index contributed by atoms with van der Waals surface area (Å²) in [4.78, 5) is 12.9. The minimum Gasteiger partial charge on any atom is -0.490 e. The lowest BCUT2D eigenvalue weighted by Crippen LogP contribution is -2.21. The van der Waals surface area contributed by atoms with E-state index in [1.165, 1.54) is 29.3 Å². The molecule has 0 atom stereocenters. The number of sulfonamides is 1. The smallest absolute Gasteiger partial charge is 0.280 e. The van der Waals surface area contributed by atoms with E-state index in [0.29, 0.717) is 35.1 Å². The number of hydrogen-bond donors (Lipinski definition) is 1. The average molecular weight is 439 g/mol. The molecule has 2 N–H and O–H groups in total. The van der Waals surface area contributed by atoms with Crippen LogP contribution in [0.15, 0.2) is 58.0 Å². The fourth-order valence-corrected chi connectivity index (χ4v) is 3.44. The van der Waals surface area contributed by atoms with Gasteiger partial charge in [0.2, 0.25) is 10.0 Å². The summed E-state index contributed by atoms with van der Waals surface area (Å²) in [6, 6.07) is 10.9. The highest BCUT2D eigenvalue weighted by atomic mass is 32.2. The third kappa shape index (κ3) is 4.94. The molecule has 0 radical (unpaired) electrons. The molecule has 0 unspecified atom stereocenters. The molecular formula is C22H21N3O5S. The van der Waals surface area contributed by atoms with E-state index < -0.39 is 10.0 Å². The summed E-state index contributed by atoms with van der Waals surface area (Å²) in [5, 5.41) is 10.6. The molecule has 0 saturated heterocycles. The molecule has 0 spiro atoms. The number of hydrogen-bond acceptors (Lipinski definition) is 6. The van der Waals surface area contributed by atoms with Gasteiger partial charge in [0.25, 0.3) is 5.91 Å². The van der Waals surface area contributed by atoms with E-state index in [0.717, 1.165) is 5.56 Å². The predicted molar refractivity (Wildman–Crippen MR) is 118 cm³/mol. The molecule has 2 aromatic carbocycles. The summed E-state index contributed by atoms with van der Waals surface area (Å²) in [7, 11) is -3.82. The number of nitrogens with zero attached hydrogens (tertiary/aromatic N) is 2. The lowest BCUT2D eigenvalue weighted by atomic mass is 10.1. The predicted octanol–water partition coefficient (Wildman–Crippen LogP) is 2.55. The molecule has 160 valence electrons. The third-order valence-electron chi connectivity index (χ3n) is 4.36. The minimum atomic E-state index is -3.82. The van der Waals surface area contributed by atoms with Gasteiger partial charge in [0.05, 0.1) is 28.5 Å². The van der Waals surface area contributed by atoms with Gasteiger partial charge >= 0.3 is 0 Å². The van der Waals surface area contributed by atoms with Crippen molar-refractivity contribution in [3.05, 3.63) is 53.6 Å². The first-order chi connectivity index (χ1) is 14.7. The van der Waals surface area contributed by atoms with Crippen molar-refractivity contribution in [3.8, 4) is 23.8 Å². The third-order valence-corrected chi connectivity index (χ3v) is 5.29. The van der Waals surface area contributed by atoms with Crippen LogP contribution in [0, 0.1) is 12.3 Å². The molecule has 0 aliphatic carbocycles. The molecule has 0 bridgehead atoms. The van der Waals surface area contributed by atoms with Gasteiger partial charge in [0, 0.05) is 0 Å². The normalized spacial score (nSPS) is 15.0. The number of anilines is 1. The van der Waals surface area contributed by atoms with E-state index in [1.54, 1.807) is 31.2 Å². The summed E-state index contributed by atoms with van der Waals surface area (Å²) < 4.78 is 33.9. The van der Waals surface area contributed by atoms with E-state index in [-0.39, 0.29) is 17.4 Å². The van der Waals surface area contributed by atoms with Gasteiger partial charge in [-0.3, -0.25) is 4.79 Å². The zero-order valence-corrected chi connectivity index (χ0v) is 17.8. The van der Waals surface area contributed by atoms with E-state index >= 15 is 0 Å². The molecule has 31 heavy (non-hydrogen) atoms. The summed E-state index contributed by atoms with van der Waals surface area (Å²) in [5.41, 5.74) is 2.07. The molecule has 9 heteroatoms. The molecule has 1 aliphatic heterocycles. The van der Waals surface area contributed by atoms with Crippen molar-refractivity contribution in [2.75, 3.05) is 18.2 Å². The highest BCUT2D eigenvalue weighted by molar-refractivity contribution is 7.89. The monoisotopic (exact) mass is 439 g/mol. The van der Waals surface area contributed by atoms with Gasteiger partial charge in [-0.25, -0.2) is 13.6 Å². The molecule has 1 heterocycles. The molecular weight excluding hydrogens is 418 g/mol. The summed E-state index contributed by atoms with van der Waals surface area (Å²) in [6.45, 7) is 4.13. The summed E-state index contributed by atoms with van der Waals surface area (Å²) in [5.74, 6) is 3.10. The van der Waals surface area contributed by atoms with Gasteiger partial charge in [-0.2, -0.15) is 10.1 Å². The van der Waals surface area contributed by atoms with Crippen molar-refractivity contribution < 1.29 is 22.7 Å². The standard InChI is InChI=1S/C22H21N3O5S/c1-4-12-30-20-11-6-16(14-21(20)29-5-2)13-19-15(3)24-25(22(19)26)17-7-9-18(10-8-17)31(23,27)28/h1,6-11,13-14H,5,12H2,2-3H3,(H2,23,27,28)/b19-13+. The van der Waals surface area contributed by atoms with Crippen LogP contribution in [0.2, 0.25) is 0 Å². The fraction of sp³-hybridized carbons (Fsp3) is 0.182. The van der Waals surface area contributed by atoms with Gasteiger partial charge < -0.3 is 9.47 Å². The van der Waals surface area contributed by atoms with E-state index in [4.69, 9.17) is 21.0 Å². The van der Waals surface area contributed by atoms with Crippen LogP contribution in [-0.4, -0.2) is 33.3 Å². The number of amides is 1. The van der Waals surface area contributed by atoms with Crippen LogP contribution in [0.5, 0.6) is 11.5 Å². The Morgan fingerprint density at radius 2 is 1.87 bits per heavy atom. The van der Waals surface area contributed by atoms with Crippen molar-refractivity contribution >= 4 is 33.4 Å². The van der Waals surface area contributed by atoms with Crippen molar-refractivity contribution in [1.82, 2.24) is 0 Å². The van der Waals surface area contributed by atoms with Crippen molar-refractivity contribution in [3.63, 3.8) is 0 Å². The highest BCUT2D eigenvalue weighted by Gasteiger charge is 2.29. The number of hydrazone groups is 1. The Hall–Kier alpha value is -3.61. The van der Waals surface area contributed by atoms with Gasteiger partial charge in [-0.1, -0.05) is 12.0 Å². The Morgan fingerprint density at radius 3 is 2.48 bits per heavy atom. The maximum absolute atomic E-state index is 12.9. The first kappa shape index (κ1) is 22.1. The minimum absolute atomic E-state index is 0.0463. The topological polar surface area (TPSA) is 111 Å². The quantitative estimate of drug-likeness (QED) is 0.526. The maximum atomic E-state index is 12.9. The van der Waals surface area contributed by atoms with Crippen LogP contribution in [0.4, 0.5) is 5.69 Å². The number of carbonyl (C=O) groups is 1. The molecule has 0 saturated carbocycles. The van der Waals surface area contributed by atoms with Gasteiger partial charge in [-0.15, -0.1) is 6.42 Å². The number of benzene rings is 2. The van der Waals surface area contributed by atoms with Crippen molar-refractivity contribution in [2.24, 2.45) is 10.2 Å². The maximum Gasteiger partial charge on any atom is 0.280 e. The van der Waals surface area contributed by atoms with E-state index in [2.05, 4.69) is 11.0 Å². The molecule has 1 aliphatic rings. The number of carbonyl (C=O) groups excluding carboxylic acids is 1. The van der Waals surface area contributed by atoms with Crippen LogP contribution >= 0.6 is 0 Å². The molecule has 3 rings (SSSR count). The van der Waals surface area contributed by atoms with Gasteiger partial charge in [-0.05, 0) is 61.9 Å². The molecule has 1 amide bonds. The number of terminal acetylenes is 1. The number of nitrogens with two attached hydrogens (primary N) is 1. The second kappa shape index (κ2) is 9.04. The zero-order chi connectivity index (χ0) is 22.6. The zero-order valence-electron chi connectivity index (χ0n) is 17.0. The summed E-state index contributed by atoms with van der Waals surface area (Å²) >= 11 is 0.